The molecule has 0 radical (unpaired) electrons. The number of rotatable bonds is 5. The molecule has 1 aromatic carbocycles. The van der Waals surface area contributed by atoms with Crippen molar-refractivity contribution in [2.75, 3.05) is 13.2 Å². The SMILES string of the molecule is CCC(NCCO)c1c(F)cccc1Cl. The van der Waals surface area contributed by atoms with Gasteiger partial charge in [0, 0.05) is 23.2 Å². The van der Waals surface area contributed by atoms with Crippen LogP contribution in [0.3, 0.4) is 0 Å². The fraction of sp³-hybridized carbons (Fsp3) is 0.455. The lowest BCUT2D eigenvalue weighted by molar-refractivity contribution is 0.282. The maximum Gasteiger partial charge on any atom is 0.129 e. The lowest BCUT2D eigenvalue weighted by Crippen LogP contribution is -2.25. The maximum atomic E-state index is 13.5. The molecular weight excluding hydrogens is 217 g/mol. The van der Waals surface area contributed by atoms with Gasteiger partial charge in [-0.25, -0.2) is 4.39 Å². The lowest BCUT2D eigenvalue weighted by atomic mass is 10.0. The molecule has 0 spiro atoms. The highest BCUT2D eigenvalue weighted by atomic mass is 35.5. The van der Waals surface area contributed by atoms with Crippen LogP contribution in [0.15, 0.2) is 18.2 Å². The monoisotopic (exact) mass is 231 g/mol. The van der Waals surface area contributed by atoms with E-state index >= 15 is 0 Å². The molecule has 15 heavy (non-hydrogen) atoms. The lowest BCUT2D eigenvalue weighted by Gasteiger charge is -2.18. The summed E-state index contributed by atoms with van der Waals surface area (Å²) >= 11 is 5.94. The molecule has 1 aromatic rings. The molecule has 0 fully saturated rings. The van der Waals surface area contributed by atoms with Crippen LogP contribution >= 0.6 is 11.6 Å². The Morgan fingerprint density at radius 1 is 1.53 bits per heavy atom. The van der Waals surface area contributed by atoms with Crippen molar-refractivity contribution < 1.29 is 9.50 Å². The van der Waals surface area contributed by atoms with Gasteiger partial charge in [-0.2, -0.15) is 0 Å². The fourth-order valence-corrected chi connectivity index (χ4v) is 1.83. The van der Waals surface area contributed by atoms with Gasteiger partial charge in [0.1, 0.15) is 5.82 Å². The van der Waals surface area contributed by atoms with Gasteiger partial charge < -0.3 is 10.4 Å². The Morgan fingerprint density at radius 3 is 2.80 bits per heavy atom. The van der Waals surface area contributed by atoms with E-state index < -0.39 is 0 Å². The molecule has 1 unspecified atom stereocenters. The number of nitrogens with one attached hydrogen (secondary N) is 1. The summed E-state index contributed by atoms with van der Waals surface area (Å²) in [7, 11) is 0. The van der Waals surface area contributed by atoms with Crippen molar-refractivity contribution in [2.24, 2.45) is 0 Å². The van der Waals surface area contributed by atoms with Crippen LogP contribution in [-0.2, 0) is 0 Å². The highest BCUT2D eigenvalue weighted by Crippen LogP contribution is 2.27. The molecule has 0 amide bonds. The Bertz CT molecular complexity index is 299. The quantitative estimate of drug-likeness (QED) is 0.816. The molecule has 0 aromatic heterocycles. The minimum absolute atomic E-state index is 0.0303. The average molecular weight is 232 g/mol. The van der Waals surface area contributed by atoms with E-state index in [1.165, 1.54) is 6.07 Å². The van der Waals surface area contributed by atoms with Crippen LogP contribution in [-0.4, -0.2) is 18.3 Å². The topological polar surface area (TPSA) is 32.3 Å². The van der Waals surface area contributed by atoms with Gasteiger partial charge in [0.2, 0.25) is 0 Å². The zero-order valence-electron chi connectivity index (χ0n) is 8.63. The summed E-state index contributed by atoms with van der Waals surface area (Å²) in [5.41, 5.74) is 0.482. The van der Waals surface area contributed by atoms with Crippen LogP contribution in [0.5, 0.6) is 0 Å². The van der Waals surface area contributed by atoms with E-state index in [-0.39, 0.29) is 18.5 Å². The van der Waals surface area contributed by atoms with Crippen molar-refractivity contribution in [3.63, 3.8) is 0 Å². The molecule has 0 aliphatic rings. The van der Waals surface area contributed by atoms with Crippen LogP contribution in [0.4, 0.5) is 4.39 Å². The molecule has 1 rings (SSSR count). The van der Waals surface area contributed by atoms with Crippen molar-refractivity contribution in [1.29, 1.82) is 0 Å². The third kappa shape index (κ3) is 3.16. The summed E-state index contributed by atoms with van der Waals surface area (Å²) in [6.45, 7) is 2.41. The van der Waals surface area contributed by atoms with E-state index in [9.17, 15) is 4.39 Å². The average Bonchev–Trinajstić information content (AvgIpc) is 2.22. The van der Waals surface area contributed by atoms with Crippen molar-refractivity contribution in [3.05, 3.63) is 34.6 Å². The fourth-order valence-electron chi connectivity index (χ4n) is 1.53. The first-order valence-electron chi connectivity index (χ1n) is 4.98. The van der Waals surface area contributed by atoms with Crippen molar-refractivity contribution >= 4 is 11.6 Å². The number of hydrogen-bond donors (Lipinski definition) is 2. The van der Waals surface area contributed by atoms with Crippen LogP contribution in [0.1, 0.15) is 24.9 Å². The largest absolute Gasteiger partial charge is 0.395 e. The number of halogens is 2. The zero-order chi connectivity index (χ0) is 11.3. The Kier molecular flexibility index (Phi) is 5.02. The Balaban J connectivity index is 2.90. The third-order valence-electron chi connectivity index (χ3n) is 2.26. The van der Waals surface area contributed by atoms with E-state index in [4.69, 9.17) is 16.7 Å². The summed E-state index contributed by atoms with van der Waals surface area (Å²) in [6, 6.07) is 4.50. The summed E-state index contributed by atoms with van der Waals surface area (Å²) in [5.74, 6) is -0.306. The normalized spacial score (nSPS) is 12.8. The van der Waals surface area contributed by atoms with Gasteiger partial charge in [0.15, 0.2) is 0 Å². The molecule has 0 aliphatic carbocycles. The molecule has 2 N–H and O–H groups in total. The van der Waals surface area contributed by atoms with Crippen LogP contribution < -0.4 is 5.32 Å². The predicted octanol–water partition coefficient (Wildman–Crippen LogP) is 2.51. The second kappa shape index (κ2) is 6.05. The van der Waals surface area contributed by atoms with E-state index in [0.717, 1.165) is 6.42 Å². The van der Waals surface area contributed by atoms with Gasteiger partial charge in [-0.3, -0.25) is 0 Å². The standard InChI is InChI=1S/C11H15ClFNO/c1-2-10(14-6-7-15)11-8(12)4-3-5-9(11)13/h3-5,10,14-15H,2,6-7H2,1H3. The second-order valence-corrected chi connectivity index (χ2v) is 3.68. The zero-order valence-corrected chi connectivity index (χ0v) is 9.39. The molecule has 4 heteroatoms. The van der Waals surface area contributed by atoms with Gasteiger partial charge in [0.05, 0.1) is 6.61 Å². The van der Waals surface area contributed by atoms with Crippen LogP contribution in [0.2, 0.25) is 5.02 Å². The van der Waals surface area contributed by atoms with E-state index in [2.05, 4.69) is 5.32 Å². The summed E-state index contributed by atoms with van der Waals surface area (Å²) in [5, 5.41) is 12.2. The molecular formula is C11H15ClFNO. The van der Waals surface area contributed by atoms with E-state index in [1.54, 1.807) is 12.1 Å². The first-order chi connectivity index (χ1) is 7.20. The number of aliphatic hydroxyl groups excluding tert-OH is 1. The van der Waals surface area contributed by atoms with Crippen molar-refractivity contribution in [1.82, 2.24) is 5.32 Å². The highest BCUT2D eigenvalue weighted by molar-refractivity contribution is 6.31. The van der Waals surface area contributed by atoms with Gasteiger partial charge in [-0.1, -0.05) is 24.6 Å². The highest BCUT2D eigenvalue weighted by Gasteiger charge is 2.16. The van der Waals surface area contributed by atoms with Gasteiger partial charge >= 0.3 is 0 Å². The van der Waals surface area contributed by atoms with E-state index in [1.807, 2.05) is 6.92 Å². The molecule has 84 valence electrons. The van der Waals surface area contributed by atoms with Crippen molar-refractivity contribution in [2.45, 2.75) is 19.4 Å². The van der Waals surface area contributed by atoms with Crippen LogP contribution in [0, 0.1) is 5.82 Å². The van der Waals surface area contributed by atoms with Gasteiger partial charge in [0.25, 0.3) is 0 Å². The summed E-state index contributed by atoms with van der Waals surface area (Å²) in [4.78, 5) is 0. The van der Waals surface area contributed by atoms with E-state index in [0.29, 0.717) is 17.1 Å². The van der Waals surface area contributed by atoms with Crippen molar-refractivity contribution in [3.8, 4) is 0 Å². The number of benzene rings is 1. The van der Waals surface area contributed by atoms with Crippen LogP contribution in [0.25, 0.3) is 0 Å². The minimum atomic E-state index is -0.306. The Labute approximate surface area is 94.1 Å². The maximum absolute atomic E-state index is 13.5. The first-order valence-corrected chi connectivity index (χ1v) is 5.36. The van der Waals surface area contributed by atoms with Gasteiger partial charge in [-0.05, 0) is 18.6 Å². The molecule has 0 aliphatic heterocycles. The number of aliphatic hydroxyl groups is 1. The summed E-state index contributed by atoms with van der Waals surface area (Å²) in [6.07, 6.45) is 0.723. The third-order valence-corrected chi connectivity index (χ3v) is 2.59. The smallest absolute Gasteiger partial charge is 0.129 e. The second-order valence-electron chi connectivity index (χ2n) is 3.27. The molecule has 2 nitrogen and oxygen atoms in total. The van der Waals surface area contributed by atoms with Gasteiger partial charge in [-0.15, -0.1) is 0 Å². The minimum Gasteiger partial charge on any atom is -0.395 e. The Hall–Kier alpha value is -0.640. The molecule has 0 saturated heterocycles. The molecule has 0 saturated carbocycles. The number of hydrogen-bond acceptors (Lipinski definition) is 2. The molecule has 1 atom stereocenters. The summed E-state index contributed by atoms with van der Waals surface area (Å²) < 4.78 is 13.5. The Morgan fingerprint density at radius 2 is 2.27 bits per heavy atom. The first kappa shape index (κ1) is 12.4. The molecule has 0 bridgehead atoms. The predicted molar refractivity (Wildman–Crippen MR) is 59.5 cm³/mol. The molecule has 0 heterocycles.